The van der Waals surface area contributed by atoms with Gasteiger partial charge in [0.2, 0.25) is 21.9 Å². The van der Waals surface area contributed by atoms with Crippen LogP contribution < -0.4 is 14.8 Å². The number of pyridine rings is 1. The highest BCUT2D eigenvalue weighted by Crippen LogP contribution is 2.38. The zero-order chi connectivity index (χ0) is 32.9. The summed E-state index contributed by atoms with van der Waals surface area (Å²) in [4.78, 5) is 27.5. The van der Waals surface area contributed by atoms with Crippen LogP contribution >= 0.6 is 11.6 Å². The number of amides is 1. The molecular weight excluding hydrogens is 635 g/mol. The molecule has 4 aromatic rings. The number of anilines is 2. The Labute approximate surface area is 272 Å². The molecule has 2 N–H and O–H groups in total. The Bertz CT molecular complexity index is 1810. The molecule has 0 saturated carbocycles. The summed E-state index contributed by atoms with van der Waals surface area (Å²) in [5.41, 5.74) is 0.466. The predicted molar refractivity (Wildman–Crippen MR) is 174 cm³/mol. The fourth-order valence-corrected chi connectivity index (χ4v) is 6.19. The molecule has 0 aliphatic carbocycles. The topological polar surface area (TPSA) is 136 Å². The maximum absolute atomic E-state index is 15.7. The van der Waals surface area contributed by atoms with Crippen LogP contribution in [0.3, 0.4) is 0 Å². The lowest BCUT2D eigenvalue weighted by Gasteiger charge is -2.34. The highest BCUT2D eigenvalue weighted by Gasteiger charge is 2.28. The van der Waals surface area contributed by atoms with E-state index in [-0.39, 0.29) is 34.5 Å². The molecule has 2 aromatic carbocycles. The van der Waals surface area contributed by atoms with Crippen LogP contribution in [0.25, 0.3) is 11.3 Å². The van der Waals surface area contributed by atoms with Gasteiger partial charge in [-0.1, -0.05) is 41.9 Å². The van der Waals surface area contributed by atoms with Crippen molar-refractivity contribution in [1.29, 1.82) is 0 Å². The van der Waals surface area contributed by atoms with E-state index in [1.165, 1.54) is 18.3 Å². The van der Waals surface area contributed by atoms with E-state index in [4.69, 9.17) is 21.1 Å². The second-order valence-electron chi connectivity index (χ2n) is 11.7. The van der Waals surface area contributed by atoms with Crippen molar-refractivity contribution in [2.45, 2.75) is 51.0 Å². The molecule has 0 radical (unpaired) electrons. The lowest BCUT2D eigenvalue weighted by Crippen LogP contribution is -2.47. The van der Waals surface area contributed by atoms with Gasteiger partial charge in [-0.3, -0.25) is 4.72 Å². The second kappa shape index (κ2) is 13.9. The molecular formula is C32H34ClFN6O5S. The average molecular weight is 669 g/mol. The van der Waals surface area contributed by atoms with Crippen LogP contribution in [0.2, 0.25) is 5.02 Å². The van der Waals surface area contributed by atoms with Crippen molar-refractivity contribution in [2.75, 3.05) is 23.1 Å². The SMILES string of the molecule is CC(C)(C)OC(=O)N1CCC[C@H](Nc2nccc(-c3cccnc3Oc3c(Cl)ccc(NS(=O)(=O)Cc4ccccc4)c3F)n2)C1. The molecule has 1 amide bonds. The van der Waals surface area contributed by atoms with Gasteiger partial charge in [0.05, 0.1) is 27.7 Å². The van der Waals surface area contributed by atoms with Crippen molar-refractivity contribution < 1.29 is 27.1 Å². The summed E-state index contributed by atoms with van der Waals surface area (Å²) in [5, 5.41) is 3.21. The van der Waals surface area contributed by atoms with E-state index < -0.39 is 27.2 Å². The van der Waals surface area contributed by atoms with Crippen molar-refractivity contribution in [3.05, 3.63) is 89.5 Å². The molecule has 3 heterocycles. The number of carbonyl (C=O) groups is 1. The van der Waals surface area contributed by atoms with Crippen LogP contribution in [0.4, 0.5) is 20.8 Å². The number of halogens is 2. The van der Waals surface area contributed by atoms with Crippen LogP contribution in [0.5, 0.6) is 11.6 Å². The number of piperidine rings is 1. The Kier molecular flexibility index (Phi) is 9.92. The maximum atomic E-state index is 15.7. The first kappa shape index (κ1) is 32.9. The number of hydrogen-bond acceptors (Lipinski definition) is 9. The minimum atomic E-state index is -3.95. The molecule has 0 spiro atoms. The molecule has 46 heavy (non-hydrogen) atoms. The summed E-state index contributed by atoms with van der Waals surface area (Å²) in [7, 11) is -3.95. The Morgan fingerprint density at radius 2 is 1.85 bits per heavy atom. The van der Waals surface area contributed by atoms with E-state index in [9.17, 15) is 13.2 Å². The van der Waals surface area contributed by atoms with Crippen molar-refractivity contribution in [1.82, 2.24) is 19.9 Å². The summed E-state index contributed by atoms with van der Waals surface area (Å²) < 4.78 is 54.9. The van der Waals surface area contributed by atoms with Crippen LogP contribution in [-0.2, 0) is 20.5 Å². The van der Waals surface area contributed by atoms with Crippen molar-refractivity contribution in [3.63, 3.8) is 0 Å². The highest BCUT2D eigenvalue weighted by molar-refractivity contribution is 7.91. The van der Waals surface area contributed by atoms with Gasteiger partial charge in [-0.15, -0.1) is 0 Å². The average Bonchev–Trinajstić information content (AvgIpc) is 3.00. The maximum Gasteiger partial charge on any atom is 0.410 e. The zero-order valence-electron chi connectivity index (χ0n) is 25.5. The summed E-state index contributed by atoms with van der Waals surface area (Å²) in [6.45, 7) is 6.50. The van der Waals surface area contributed by atoms with E-state index >= 15 is 4.39 Å². The highest BCUT2D eigenvalue weighted by atomic mass is 35.5. The largest absolute Gasteiger partial charge is 0.444 e. The third kappa shape index (κ3) is 8.61. The normalized spacial score (nSPS) is 15.2. The number of ether oxygens (including phenoxy) is 2. The molecule has 1 aliphatic heterocycles. The van der Waals surface area contributed by atoms with Gasteiger partial charge in [0.1, 0.15) is 5.60 Å². The molecule has 2 aromatic heterocycles. The van der Waals surface area contributed by atoms with E-state index in [2.05, 4.69) is 25.0 Å². The molecule has 11 nitrogen and oxygen atoms in total. The van der Waals surface area contributed by atoms with Crippen LogP contribution in [-0.4, -0.2) is 59.1 Å². The molecule has 1 aliphatic rings. The first-order chi connectivity index (χ1) is 21.9. The Balaban J connectivity index is 1.33. The number of hydrogen-bond donors (Lipinski definition) is 2. The second-order valence-corrected chi connectivity index (χ2v) is 13.8. The number of sulfonamides is 1. The minimum Gasteiger partial charge on any atom is -0.444 e. The Morgan fingerprint density at radius 3 is 2.61 bits per heavy atom. The number of rotatable bonds is 9. The number of aromatic nitrogens is 3. The van der Waals surface area contributed by atoms with E-state index in [0.717, 1.165) is 12.8 Å². The first-order valence-electron chi connectivity index (χ1n) is 14.6. The van der Waals surface area contributed by atoms with Gasteiger partial charge in [-0.25, -0.2) is 32.6 Å². The fraction of sp³-hybridized carbons (Fsp3) is 0.312. The number of nitrogens with zero attached hydrogens (tertiary/aromatic N) is 4. The smallest absolute Gasteiger partial charge is 0.410 e. The van der Waals surface area contributed by atoms with Gasteiger partial charge in [0.15, 0.2) is 11.6 Å². The van der Waals surface area contributed by atoms with Gasteiger partial charge in [0, 0.05) is 31.5 Å². The van der Waals surface area contributed by atoms with Gasteiger partial charge in [-0.05, 0) is 69.5 Å². The van der Waals surface area contributed by atoms with Gasteiger partial charge in [0.25, 0.3) is 0 Å². The van der Waals surface area contributed by atoms with Crippen molar-refractivity contribution >= 4 is 39.4 Å². The molecule has 1 atom stereocenters. The Morgan fingerprint density at radius 1 is 1.07 bits per heavy atom. The van der Waals surface area contributed by atoms with Crippen molar-refractivity contribution in [3.8, 4) is 22.9 Å². The first-order valence-corrected chi connectivity index (χ1v) is 16.6. The van der Waals surface area contributed by atoms with Crippen LogP contribution in [0.1, 0.15) is 39.2 Å². The molecule has 14 heteroatoms. The van der Waals surface area contributed by atoms with E-state index in [0.29, 0.717) is 35.9 Å². The monoisotopic (exact) mass is 668 g/mol. The van der Waals surface area contributed by atoms with E-state index in [1.54, 1.807) is 59.6 Å². The summed E-state index contributed by atoms with van der Waals surface area (Å²) in [6, 6.07) is 16.0. The summed E-state index contributed by atoms with van der Waals surface area (Å²) in [5.74, 6) is -1.44. The third-order valence-corrected chi connectivity index (χ3v) is 8.36. The molecule has 0 unspecified atom stereocenters. The number of benzene rings is 2. The van der Waals surface area contributed by atoms with Crippen LogP contribution in [0, 0.1) is 5.82 Å². The van der Waals surface area contributed by atoms with Crippen LogP contribution in [0.15, 0.2) is 73.1 Å². The van der Waals surface area contributed by atoms with E-state index in [1.807, 2.05) is 20.8 Å². The molecule has 1 saturated heterocycles. The molecule has 242 valence electrons. The summed E-state index contributed by atoms with van der Waals surface area (Å²) >= 11 is 6.31. The van der Waals surface area contributed by atoms with Gasteiger partial charge < -0.3 is 19.7 Å². The Hall–Kier alpha value is -4.49. The quantitative estimate of drug-likeness (QED) is 0.196. The number of carbonyl (C=O) groups excluding carboxylic acids is 1. The summed E-state index contributed by atoms with van der Waals surface area (Å²) in [6.07, 6.45) is 4.24. The number of likely N-dealkylation sites (tertiary alicyclic amines) is 1. The predicted octanol–water partition coefficient (Wildman–Crippen LogP) is 6.88. The van der Waals surface area contributed by atoms with Gasteiger partial charge in [-0.2, -0.15) is 0 Å². The standard InChI is InChI=1S/C32H34ClFN6O5S/c1-32(2,3)45-31(41)40-18-8-11-22(19-40)37-30-36-17-15-25(38-30)23-12-7-16-35-29(23)44-28-24(33)13-14-26(27(28)34)39-46(42,43)20-21-9-5-4-6-10-21/h4-7,9-10,12-17,22,39H,8,11,18-20H2,1-3H3,(H,36,37,38)/t22-/m0/s1. The lowest BCUT2D eigenvalue weighted by atomic mass is 10.1. The fourth-order valence-electron chi connectivity index (χ4n) is 4.81. The third-order valence-electron chi connectivity index (χ3n) is 6.82. The lowest BCUT2D eigenvalue weighted by molar-refractivity contribution is 0.0206. The minimum absolute atomic E-state index is 0.00832. The van der Waals surface area contributed by atoms with Gasteiger partial charge >= 0.3 is 6.09 Å². The zero-order valence-corrected chi connectivity index (χ0v) is 27.1. The molecule has 0 bridgehead atoms. The molecule has 5 rings (SSSR count). The number of nitrogens with one attached hydrogen (secondary N) is 2. The molecule has 1 fully saturated rings. The van der Waals surface area contributed by atoms with Crippen molar-refractivity contribution in [2.24, 2.45) is 0 Å².